The number of allylic oxidation sites excluding steroid dienone is 1. The van der Waals surface area contributed by atoms with Crippen molar-refractivity contribution in [1.82, 2.24) is 5.32 Å². The van der Waals surface area contributed by atoms with Crippen LogP contribution in [0.3, 0.4) is 0 Å². The average Bonchev–Trinajstić information content (AvgIpc) is 2.84. The summed E-state index contributed by atoms with van der Waals surface area (Å²) in [5, 5.41) is 30.3. The third kappa shape index (κ3) is 6.88. The number of aromatic hydroxyl groups is 1. The van der Waals surface area contributed by atoms with Crippen LogP contribution in [0.2, 0.25) is 0 Å². The van der Waals surface area contributed by atoms with Gasteiger partial charge in [0.05, 0.1) is 23.0 Å². The normalized spacial score (nSPS) is 12.0. The van der Waals surface area contributed by atoms with Crippen LogP contribution in [-0.2, 0) is 4.79 Å². The van der Waals surface area contributed by atoms with Crippen LogP contribution in [-0.4, -0.2) is 35.2 Å². The standard InChI is InChI=1S/C19H19N3O4.C8H10/c1-22-18(12-5-2-6-13(8-12)19(25)26)16(15(20)10-23)17(21)11-4-3-7-14(24)9-11;1-7-3-5-8(2)6-4-7/h2-10,18,21-22,24H,20H2,1H3,(H,25,26);3-6H,1-2H3/b16-15+,21-17?;. The van der Waals surface area contributed by atoms with Crippen molar-refractivity contribution >= 4 is 18.0 Å². The molecule has 0 fully saturated rings. The van der Waals surface area contributed by atoms with Gasteiger partial charge in [-0.15, -0.1) is 0 Å². The highest BCUT2D eigenvalue weighted by Crippen LogP contribution is 2.27. The summed E-state index contributed by atoms with van der Waals surface area (Å²) in [5.74, 6) is -1.11. The predicted molar refractivity (Wildman–Crippen MR) is 133 cm³/mol. The van der Waals surface area contributed by atoms with Crippen LogP contribution in [0.4, 0.5) is 0 Å². The molecule has 1 unspecified atom stereocenters. The van der Waals surface area contributed by atoms with Crippen LogP contribution in [0.15, 0.2) is 84.1 Å². The molecule has 0 aliphatic heterocycles. The lowest BCUT2D eigenvalue weighted by atomic mass is 9.89. The van der Waals surface area contributed by atoms with Gasteiger partial charge < -0.3 is 21.3 Å². The maximum absolute atomic E-state index is 11.3. The molecule has 0 amide bonds. The van der Waals surface area contributed by atoms with Crippen LogP contribution in [0.5, 0.6) is 5.75 Å². The molecule has 0 radical (unpaired) electrons. The lowest BCUT2D eigenvalue weighted by molar-refractivity contribution is -0.105. The molecular weight excluding hydrogens is 430 g/mol. The molecule has 0 saturated carbocycles. The first-order valence-electron chi connectivity index (χ1n) is 10.5. The van der Waals surface area contributed by atoms with Crippen molar-refractivity contribution in [3.8, 4) is 5.75 Å². The molecule has 7 nitrogen and oxygen atoms in total. The number of rotatable bonds is 7. The number of aromatic carboxylic acids is 1. The molecule has 3 aromatic rings. The van der Waals surface area contributed by atoms with E-state index in [0.29, 0.717) is 17.4 Å². The zero-order chi connectivity index (χ0) is 25.3. The van der Waals surface area contributed by atoms with E-state index >= 15 is 0 Å². The van der Waals surface area contributed by atoms with Crippen molar-refractivity contribution in [1.29, 1.82) is 5.41 Å². The van der Waals surface area contributed by atoms with Crippen LogP contribution >= 0.6 is 0 Å². The molecule has 1 atom stereocenters. The number of phenolic OH excluding ortho intramolecular Hbond substituents is 1. The summed E-state index contributed by atoms with van der Waals surface area (Å²) in [6, 6.07) is 20.0. The van der Waals surface area contributed by atoms with E-state index in [9.17, 15) is 19.8 Å². The molecule has 3 aromatic carbocycles. The van der Waals surface area contributed by atoms with Crippen molar-refractivity contribution in [2.24, 2.45) is 5.73 Å². The summed E-state index contributed by atoms with van der Waals surface area (Å²) in [6.45, 7) is 4.19. The maximum Gasteiger partial charge on any atom is 0.335 e. The summed E-state index contributed by atoms with van der Waals surface area (Å²) in [4.78, 5) is 22.6. The third-order valence-corrected chi connectivity index (χ3v) is 5.10. The number of likely N-dealkylation sites (N-methyl/N-ethyl adjacent to an activating group) is 1. The number of carboxylic acid groups (broad SMARTS) is 1. The van der Waals surface area contributed by atoms with E-state index in [1.54, 1.807) is 31.3 Å². The molecule has 0 saturated heterocycles. The molecule has 0 heterocycles. The number of hydrogen-bond acceptors (Lipinski definition) is 6. The second kappa shape index (κ2) is 12.1. The Labute approximate surface area is 199 Å². The van der Waals surface area contributed by atoms with Crippen molar-refractivity contribution in [2.45, 2.75) is 19.9 Å². The molecule has 176 valence electrons. The number of carboxylic acids is 1. The van der Waals surface area contributed by atoms with E-state index in [4.69, 9.17) is 11.1 Å². The fraction of sp³-hybridized carbons (Fsp3) is 0.148. The van der Waals surface area contributed by atoms with Crippen LogP contribution < -0.4 is 11.1 Å². The fourth-order valence-electron chi connectivity index (χ4n) is 3.30. The first-order chi connectivity index (χ1) is 16.2. The molecular formula is C27H29N3O4. The van der Waals surface area contributed by atoms with Crippen LogP contribution in [0, 0.1) is 19.3 Å². The van der Waals surface area contributed by atoms with Gasteiger partial charge in [0.2, 0.25) is 0 Å². The number of phenols is 1. The molecule has 0 aromatic heterocycles. The smallest absolute Gasteiger partial charge is 0.335 e. The molecule has 0 bridgehead atoms. The molecule has 0 aliphatic rings. The van der Waals surface area contributed by atoms with Gasteiger partial charge in [-0.2, -0.15) is 0 Å². The van der Waals surface area contributed by atoms with E-state index in [1.165, 1.54) is 35.4 Å². The summed E-state index contributed by atoms with van der Waals surface area (Å²) < 4.78 is 0. The van der Waals surface area contributed by atoms with Gasteiger partial charge in [-0.25, -0.2) is 4.79 Å². The van der Waals surface area contributed by atoms with E-state index in [1.807, 2.05) is 0 Å². The number of nitrogens with two attached hydrogens (primary N) is 1. The topological polar surface area (TPSA) is 136 Å². The van der Waals surface area contributed by atoms with Gasteiger partial charge in [0.25, 0.3) is 0 Å². The number of aldehydes is 1. The number of benzene rings is 3. The minimum atomic E-state index is -1.08. The van der Waals surface area contributed by atoms with Crippen molar-refractivity contribution in [3.05, 3.63) is 112 Å². The number of nitrogens with one attached hydrogen (secondary N) is 2. The number of aryl methyl sites for hydroxylation is 2. The largest absolute Gasteiger partial charge is 0.508 e. The van der Waals surface area contributed by atoms with Crippen molar-refractivity contribution < 1.29 is 19.8 Å². The summed E-state index contributed by atoms with van der Waals surface area (Å²) in [6.07, 6.45) is 0.443. The quantitative estimate of drug-likeness (QED) is 0.205. The highest BCUT2D eigenvalue weighted by atomic mass is 16.4. The highest BCUT2D eigenvalue weighted by molar-refractivity contribution is 6.14. The van der Waals surface area contributed by atoms with Crippen molar-refractivity contribution in [3.63, 3.8) is 0 Å². The van der Waals surface area contributed by atoms with E-state index in [0.717, 1.165) is 0 Å². The number of hydrogen-bond donors (Lipinski definition) is 5. The monoisotopic (exact) mass is 459 g/mol. The lowest BCUT2D eigenvalue weighted by Gasteiger charge is -2.23. The lowest BCUT2D eigenvalue weighted by Crippen LogP contribution is -2.27. The Kier molecular flexibility index (Phi) is 9.28. The second-order valence-electron chi connectivity index (χ2n) is 7.72. The van der Waals surface area contributed by atoms with Crippen LogP contribution in [0.25, 0.3) is 0 Å². The molecule has 3 rings (SSSR count). The third-order valence-electron chi connectivity index (χ3n) is 5.10. The zero-order valence-electron chi connectivity index (χ0n) is 19.4. The highest BCUT2D eigenvalue weighted by Gasteiger charge is 2.24. The minimum Gasteiger partial charge on any atom is -0.508 e. The Hall–Kier alpha value is -4.23. The Morgan fingerprint density at radius 3 is 2.03 bits per heavy atom. The number of carbonyl (C=O) groups excluding carboxylic acids is 1. The van der Waals surface area contributed by atoms with E-state index in [2.05, 4.69) is 43.4 Å². The zero-order valence-corrected chi connectivity index (χ0v) is 19.4. The van der Waals surface area contributed by atoms with E-state index in [-0.39, 0.29) is 28.3 Å². The van der Waals surface area contributed by atoms with Gasteiger partial charge >= 0.3 is 5.97 Å². The summed E-state index contributed by atoms with van der Waals surface area (Å²) in [7, 11) is 1.62. The Bertz CT molecular complexity index is 1180. The van der Waals surface area contributed by atoms with Gasteiger partial charge in [0.15, 0.2) is 6.29 Å². The SMILES string of the molecule is CNC(/C(C(=N)c1cccc(O)c1)=C(/N)C=O)c1cccc(C(=O)O)c1.Cc1ccc(C)cc1. The van der Waals surface area contributed by atoms with Gasteiger partial charge in [0, 0.05) is 11.1 Å². The maximum atomic E-state index is 11.3. The second-order valence-corrected chi connectivity index (χ2v) is 7.72. The van der Waals surface area contributed by atoms with Gasteiger partial charge in [-0.1, -0.05) is 59.7 Å². The molecule has 0 aliphatic carbocycles. The number of carbonyl (C=O) groups is 2. The molecule has 6 N–H and O–H groups in total. The Morgan fingerprint density at radius 2 is 1.53 bits per heavy atom. The van der Waals surface area contributed by atoms with Crippen molar-refractivity contribution in [2.75, 3.05) is 7.05 Å². The minimum absolute atomic E-state index is 0.0230. The summed E-state index contributed by atoms with van der Waals surface area (Å²) >= 11 is 0. The predicted octanol–water partition coefficient (Wildman–Crippen LogP) is 4.13. The molecule has 0 spiro atoms. The van der Waals surface area contributed by atoms with Gasteiger partial charge in [-0.3, -0.25) is 10.2 Å². The summed E-state index contributed by atoms with van der Waals surface area (Å²) in [5.41, 5.74) is 9.49. The van der Waals surface area contributed by atoms with Crippen LogP contribution in [0.1, 0.15) is 38.7 Å². The first-order valence-corrected chi connectivity index (χ1v) is 10.5. The van der Waals surface area contributed by atoms with E-state index < -0.39 is 12.0 Å². The first kappa shape index (κ1) is 26.0. The Balaban J connectivity index is 0.000000430. The fourth-order valence-corrected chi connectivity index (χ4v) is 3.30. The average molecular weight is 460 g/mol. The molecule has 7 heteroatoms. The van der Waals surface area contributed by atoms with Gasteiger partial charge in [0.1, 0.15) is 5.75 Å². The molecule has 34 heavy (non-hydrogen) atoms. The Morgan fingerprint density at radius 1 is 0.971 bits per heavy atom. The van der Waals surface area contributed by atoms with Gasteiger partial charge in [-0.05, 0) is 50.7 Å².